The predicted molar refractivity (Wildman–Crippen MR) is 99.8 cm³/mol. The molecule has 1 amide bonds. The number of nitrogens with one attached hydrogen (secondary N) is 2. The second kappa shape index (κ2) is 7.98. The average Bonchev–Trinajstić information content (AvgIpc) is 2.98. The first-order chi connectivity index (χ1) is 11.6. The first-order valence-corrected chi connectivity index (χ1v) is 10.1. The van der Waals surface area contributed by atoms with E-state index in [0.29, 0.717) is 6.42 Å². The lowest BCUT2D eigenvalue weighted by atomic mass is 10.0. The molecule has 1 aromatic heterocycles. The van der Waals surface area contributed by atoms with Crippen molar-refractivity contribution >= 4 is 46.3 Å². The number of benzene rings is 1. The van der Waals surface area contributed by atoms with Gasteiger partial charge in [0.2, 0.25) is 5.91 Å². The number of fused-ring (bicyclic) bond motifs is 1. The number of H-pyrrole nitrogens is 1. The molecule has 1 fully saturated rings. The van der Waals surface area contributed by atoms with Crippen LogP contribution in [0.1, 0.15) is 12.0 Å². The fraction of sp³-hybridized carbons (Fsp3) is 0.412. The zero-order valence-corrected chi connectivity index (χ0v) is 14.8. The highest BCUT2D eigenvalue weighted by molar-refractivity contribution is 8.06. The van der Waals surface area contributed by atoms with Gasteiger partial charge in [0, 0.05) is 52.4 Å². The van der Waals surface area contributed by atoms with Crippen molar-refractivity contribution in [1.29, 1.82) is 0 Å². The molecule has 1 aliphatic heterocycles. The minimum absolute atomic E-state index is 0.178. The number of aromatic nitrogens is 1. The van der Waals surface area contributed by atoms with E-state index in [0.717, 1.165) is 33.7 Å². The van der Waals surface area contributed by atoms with Crippen LogP contribution in [-0.2, 0) is 16.0 Å². The van der Waals surface area contributed by atoms with E-state index < -0.39 is 12.0 Å². The van der Waals surface area contributed by atoms with Gasteiger partial charge in [0.05, 0.1) is 0 Å². The molecule has 3 N–H and O–H groups in total. The summed E-state index contributed by atoms with van der Waals surface area (Å²) in [6.07, 6.45) is 2.48. The molecule has 1 aromatic carbocycles. The van der Waals surface area contributed by atoms with Crippen LogP contribution >= 0.6 is 23.5 Å². The number of hydrogen-bond donors (Lipinski definition) is 3. The molecule has 7 heteroatoms. The van der Waals surface area contributed by atoms with Gasteiger partial charge in [0.25, 0.3) is 0 Å². The number of aliphatic carboxylic acids is 1. The zero-order valence-electron chi connectivity index (χ0n) is 13.2. The Bertz CT molecular complexity index is 725. The number of amides is 1. The number of carboxylic acid groups (broad SMARTS) is 1. The second-order valence-corrected chi connectivity index (χ2v) is 8.35. The SMILES string of the molecule is O=C(CC1CSCCS1)NC(Cc1c[nH]c2ccccc12)C(=O)O. The van der Waals surface area contributed by atoms with Gasteiger partial charge in [-0.05, 0) is 11.6 Å². The maximum atomic E-state index is 12.2. The standard InChI is InChI=1S/C17H20N2O3S2/c20-16(8-12-10-23-5-6-24-12)19-15(17(21)22)7-11-9-18-14-4-2-1-3-13(11)14/h1-4,9,12,15,18H,5-8,10H2,(H,19,20)(H,21,22). The Balaban J connectivity index is 1.64. The van der Waals surface area contributed by atoms with Gasteiger partial charge in [-0.1, -0.05) is 18.2 Å². The molecule has 128 valence electrons. The zero-order chi connectivity index (χ0) is 16.9. The molecule has 1 saturated heterocycles. The lowest BCUT2D eigenvalue weighted by molar-refractivity contribution is -0.141. The Labute approximate surface area is 149 Å². The first kappa shape index (κ1) is 17.2. The highest BCUT2D eigenvalue weighted by atomic mass is 32.2. The van der Waals surface area contributed by atoms with Crippen LogP contribution < -0.4 is 5.32 Å². The maximum absolute atomic E-state index is 12.2. The van der Waals surface area contributed by atoms with Gasteiger partial charge in [-0.25, -0.2) is 4.79 Å². The lowest BCUT2D eigenvalue weighted by Gasteiger charge is -2.21. The summed E-state index contributed by atoms with van der Waals surface area (Å²) >= 11 is 3.65. The number of carboxylic acids is 1. The van der Waals surface area contributed by atoms with Crippen LogP contribution in [0.2, 0.25) is 0 Å². The predicted octanol–water partition coefficient (Wildman–Crippen LogP) is 2.52. The molecule has 2 heterocycles. The smallest absolute Gasteiger partial charge is 0.326 e. The van der Waals surface area contributed by atoms with E-state index in [1.54, 1.807) is 11.8 Å². The largest absolute Gasteiger partial charge is 0.480 e. The molecule has 3 rings (SSSR count). The number of carbonyl (C=O) groups is 2. The van der Waals surface area contributed by atoms with Crippen molar-refractivity contribution in [2.24, 2.45) is 0 Å². The van der Waals surface area contributed by atoms with Crippen LogP contribution in [0.4, 0.5) is 0 Å². The summed E-state index contributed by atoms with van der Waals surface area (Å²) in [6, 6.07) is 6.85. The van der Waals surface area contributed by atoms with Crippen LogP contribution in [0, 0.1) is 0 Å². The first-order valence-electron chi connectivity index (χ1n) is 7.90. The molecule has 0 saturated carbocycles. The van der Waals surface area contributed by atoms with Crippen molar-refractivity contribution in [3.05, 3.63) is 36.0 Å². The second-order valence-electron chi connectivity index (χ2n) is 5.79. The quantitative estimate of drug-likeness (QED) is 0.734. The summed E-state index contributed by atoms with van der Waals surface area (Å²) in [4.78, 5) is 26.9. The Kier molecular flexibility index (Phi) is 5.73. The third-order valence-electron chi connectivity index (χ3n) is 4.03. The Morgan fingerprint density at radius 1 is 1.33 bits per heavy atom. The number of thioether (sulfide) groups is 2. The summed E-state index contributed by atoms with van der Waals surface area (Å²) < 4.78 is 0. The topological polar surface area (TPSA) is 82.2 Å². The molecule has 2 aromatic rings. The van der Waals surface area contributed by atoms with E-state index in [1.165, 1.54) is 0 Å². The fourth-order valence-corrected chi connectivity index (χ4v) is 5.51. The molecule has 2 atom stereocenters. The summed E-state index contributed by atoms with van der Waals surface area (Å²) in [5, 5.41) is 13.4. The third kappa shape index (κ3) is 4.27. The molecular formula is C17H20N2O3S2. The number of carbonyl (C=O) groups excluding carboxylic acids is 1. The number of aromatic amines is 1. The fourth-order valence-electron chi connectivity index (χ4n) is 2.83. The van der Waals surface area contributed by atoms with Crippen molar-refractivity contribution in [2.45, 2.75) is 24.1 Å². The van der Waals surface area contributed by atoms with Crippen molar-refractivity contribution in [3.8, 4) is 0 Å². The number of hydrogen-bond acceptors (Lipinski definition) is 4. The van der Waals surface area contributed by atoms with Gasteiger partial charge in [-0.15, -0.1) is 0 Å². The van der Waals surface area contributed by atoms with Crippen LogP contribution in [0.15, 0.2) is 30.5 Å². The molecule has 24 heavy (non-hydrogen) atoms. The molecule has 2 unspecified atom stereocenters. The number of para-hydroxylation sites is 1. The summed E-state index contributed by atoms with van der Waals surface area (Å²) in [6.45, 7) is 0. The van der Waals surface area contributed by atoms with Gasteiger partial charge < -0.3 is 15.4 Å². The van der Waals surface area contributed by atoms with E-state index in [-0.39, 0.29) is 17.6 Å². The molecule has 0 aliphatic carbocycles. The van der Waals surface area contributed by atoms with Crippen molar-refractivity contribution in [1.82, 2.24) is 10.3 Å². The normalized spacial score (nSPS) is 19.1. The molecule has 0 spiro atoms. The van der Waals surface area contributed by atoms with Crippen LogP contribution in [0.25, 0.3) is 10.9 Å². The van der Waals surface area contributed by atoms with Crippen LogP contribution in [0.5, 0.6) is 0 Å². The third-order valence-corrected chi connectivity index (χ3v) is 6.88. The van der Waals surface area contributed by atoms with Gasteiger partial charge >= 0.3 is 5.97 Å². The Morgan fingerprint density at radius 3 is 2.92 bits per heavy atom. The summed E-state index contributed by atoms with van der Waals surface area (Å²) in [5.74, 6) is 1.96. The Hall–Kier alpha value is -1.60. The van der Waals surface area contributed by atoms with Gasteiger partial charge in [0.1, 0.15) is 6.04 Å². The van der Waals surface area contributed by atoms with Gasteiger partial charge in [-0.3, -0.25) is 4.79 Å². The monoisotopic (exact) mass is 364 g/mol. The van der Waals surface area contributed by atoms with Gasteiger partial charge in [0.15, 0.2) is 0 Å². The highest BCUT2D eigenvalue weighted by Crippen LogP contribution is 2.26. The minimum atomic E-state index is -1.00. The van der Waals surface area contributed by atoms with Crippen molar-refractivity contribution < 1.29 is 14.7 Å². The number of rotatable bonds is 6. The van der Waals surface area contributed by atoms with Crippen molar-refractivity contribution in [3.63, 3.8) is 0 Å². The Morgan fingerprint density at radius 2 is 2.17 bits per heavy atom. The minimum Gasteiger partial charge on any atom is -0.480 e. The van der Waals surface area contributed by atoms with Crippen molar-refractivity contribution in [2.75, 3.05) is 17.3 Å². The molecular weight excluding hydrogens is 344 g/mol. The average molecular weight is 364 g/mol. The van der Waals surface area contributed by atoms with Crippen LogP contribution in [-0.4, -0.2) is 50.5 Å². The van der Waals surface area contributed by atoms with Crippen LogP contribution in [0.3, 0.4) is 0 Å². The summed E-state index contributed by atoms with van der Waals surface area (Å²) in [5.41, 5.74) is 1.87. The molecule has 1 aliphatic rings. The van der Waals surface area contributed by atoms with E-state index in [2.05, 4.69) is 10.3 Å². The van der Waals surface area contributed by atoms with E-state index >= 15 is 0 Å². The maximum Gasteiger partial charge on any atom is 0.326 e. The molecule has 5 nitrogen and oxygen atoms in total. The van der Waals surface area contributed by atoms with E-state index in [4.69, 9.17) is 0 Å². The lowest BCUT2D eigenvalue weighted by Crippen LogP contribution is -2.43. The molecule has 0 bridgehead atoms. The van der Waals surface area contributed by atoms with Gasteiger partial charge in [-0.2, -0.15) is 23.5 Å². The van der Waals surface area contributed by atoms with E-state index in [9.17, 15) is 14.7 Å². The molecule has 0 radical (unpaired) electrons. The summed E-state index contributed by atoms with van der Waals surface area (Å²) in [7, 11) is 0. The highest BCUT2D eigenvalue weighted by Gasteiger charge is 2.24. The van der Waals surface area contributed by atoms with E-state index in [1.807, 2.05) is 42.2 Å².